The molecule has 0 saturated carbocycles. The molecule has 0 aliphatic heterocycles. The maximum Gasteiger partial charge on any atom is 0.163 e. The van der Waals surface area contributed by atoms with Crippen molar-refractivity contribution in [2.45, 2.75) is 47.0 Å². The third kappa shape index (κ3) is 5.35. The molecule has 100 valence electrons. The van der Waals surface area contributed by atoms with Crippen LogP contribution in [0, 0.1) is 5.41 Å². The predicted octanol–water partition coefficient (Wildman–Crippen LogP) is 4.48. The van der Waals surface area contributed by atoms with Crippen molar-refractivity contribution >= 4 is 5.78 Å². The highest BCUT2D eigenvalue weighted by Gasteiger charge is 2.12. The molecule has 0 saturated heterocycles. The lowest BCUT2D eigenvalue weighted by molar-refractivity contribution is 0.0975. The summed E-state index contributed by atoms with van der Waals surface area (Å²) in [5.74, 6) is 0.986. The molecule has 0 unspecified atom stereocenters. The lowest BCUT2D eigenvalue weighted by atomic mass is 9.89. The van der Waals surface area contributed by atoms with Crippen LogP contribution in [0.5, 0.6) is 5.75 Å². The molecule has 0 aromatic heterocycles. The van der Waals surface area contributed by atoms with Gasteiger partial charge in [0.1, 0.15) is 5.75 Å². The molecule has 2 heteroatoms. The van der Waals surface area contributed by atoms with Gasteiger partial charge >= 0.3 is 0 Å². The molecule has 0 heterocycles. The fraction of sp³-hybridized carbons (Fsp3) is 0.562. The van der Waals surface area contributed by atoms with Crippen molar-refractivity contribution in [1.29, 1.82) is 0 Å². The van der Waals surface area contributed by atoms with Gasteiger partial charge in [-0.05, 0) is 37.3 Å². The van der Waals surface area contributed by atoms with Crippen LogP contribution in [0.1, 0.15) is 57.3 Å². The number of carbonyl (C=O) groups excluding carboxylic acids is 1. The number of rotatable bonds is 6. The number of ketones is 1. The largest absolute Gasteiger partial charge is 0.494 e. The summed E-state index contributed by atoms with van der Waals surface area (Å²) in [5, 5.41) is 0. The normalized spacial score (nSPS) is 11.3. The molecule has 0 aliphatic carbocycles. The zero-order valence-electron chi connectivity index (χ0n) is 12.0. The SMILES string of the molecule is CCOc1cccc(C(=O)CCCC(C)(C)C)c1. The lowest BCUT2D eigenvalue weighted by Gasteiger charge is -2.17. The van der Waals surface area contributed by atoms with E-state index in [2.05, 4.69) is 20.8 Å². The van der Waals surface area contributed by atoms with Crippen LogP contribution in [-0.4, -0.2) is 12.4 Å². The van der Waals surface area contributed by atoms with Gasteiger partial charge in [0.2, 0.25) is 0 Å². The second kappa shape index (κ2) is 6.58. The first-order chi connectivity index (χ1) is 8.42. The van der Waals surface area contributed by atoms with Gasteiger partial charge in [0, 0.05) is 12.0 Å². The third-order valence-corrected chi connectivity index (χ3v) is 2.80. The third-order valence-electron chi connectivity index (χ3n) is 2.80. The van der Waals surface area contributed by atoms with Gasteiger partial charge in [-0.15, -0.1) is 0 Å². The van der Waals surface area contributed by atoms with E-state index in [1.54, 1.807) is 0 Å². The van der Waals surface area contributed by atoms with Gasteiger partial charge in [-0.1, -0.05) is 32.9 Å². The fourth-order valence-corrected chi connectivity index (χ4v) is 1.85. The summed E-state index contributed by atoms with van der Waals surface area (Å²) in [6, 6.07) is 7.46. The van der Waals surface area contributed by atoms with Crippen LogP contribution in [0.3, 0.4) is 0 Å². The second-order valence-corrected chi connectivity index (χ2v) is 5.80. The van der Waals surface area contributed by atoms with E-state index in [0.29, 0.717) is 18.4 Å². The Morgan fingerprint density at radius 3 is 2.61 bits per heavy atom. The minimum atomic E-state index is 0.209. The number of carbonyl (C=O) groups is 1. The summed E-state index contributed by atoms with van der Waals surface area (Å²) < 4.78 is 5.40. The van der Waals surface area contributed by atoms with Crippen LogP contribution in [0.25, 0.3) is 0 Å². The van der Waals surface area contributed by atoms with Crippen LogP contribution in [0.15, 0.2) is 24.3 Å². The Bertz CT molecular complexity index is 388. The topological polar surface area (TPSA) is 26.3 Å². The average Bonchev–Trinajstić information content (AvgIpc) is 2.28. The number of hydrogen-bond acceptors (Lipinski definition) is 2. The first kappa shape index (κ1) is 14.7. The molecule has 1 rings (SSSR count). The second-order valence-electron chi connectivity index (χ2n) is 5.80. The molecule has 0 N–H and O–H groups in total. The van der Waals surface area contributed by atoms with E-state index in [4.69, 9.17) is 4.74 Å². The molecule has 1 aromatic carbocycles. The van der Waals surface area contributed by atoms with Gasteiger partial charge < -0.3 is 4.74 Å². The van der Waals surface area contributed by atoms with Crippen molar-refractivity contribution < 1.29 is 9.53 Å². The Kier molecular flexibility index (Phi) is 5.39. The van der Waals surface area contributed by atoms with Crippen molar-refractivity contribution in [2.75, 3.05) is 6.61 Å². The Hall–Kier alpha value is -1.31. The highest BCUT2D eigenvalue weighted by atomic mass is 16.5. The van der Waals surface area contributed by atoms with Crippen molar-refractivity contribution in [3.63, 3.8) is 0 Å². The molecule has 0 fully saturated rings. The molecule has 0 aliphatic rings. The molecule has 0 radical (unpaired) electrons. The molecule has 0 bridgehead atoms. The molecule has 1 aromatic rings. The van der Waals surface area contributed by atoms with Crippen LogP contribution in [-0.2, 0) is 0 Å². The maximum atomic E-state index is 12.0. The standard InChI is InChI=1S/C16H24O2/c1-5-18-14-9-6-8-13(12-14)15(17)10-7-11-16(2,3)4/h6,8-9,12H,5,7,10-11H2,1-4H3. The summed E-state index contributed by atoms with van der Waals surface area (Å²) in [5.41, 5.74) is 1.06. The predicted molar refractivity (Wildman–Crippen MR) is 75.2 cm³/mol. The summed E-state index contributed by atoms with van der Waals surface area (Å²) in [7, 11) is 0. The summed E-state index contributed by atoms with van der Waals surface area (Å²) in [4.78, 5) is 12.0. The summed E-state index contributed by atoms with van der Waals surface area (Å²) in [6.45, 7) is 9.17. The van der Waals surface area contributed by atoms with Crippen LogP contribution >= 0.6 is 0 Å². The number of Topliss-reactive ketones (excluding diaryl/α,β-unsaturated/α-hetero) is 1. The van der Waals surface area contributed by atoms with Crippen molar-refractivity contribution in [2.24, 2.45) is 5.41 Å². The maximum absolute atomic E-state index is 12.0. The van der Waals surface area contributed by atoms with Crippen molar-refractivity contribution in [3.05, 3.63) is 29.8 Å². The van der Waals surface area contributed by atoms with Crippen LogP contribution in [0.2, 0.25) is 0 Å². The van der Waals surface area contributed by atoms with Gasteiger partial charge in [0.05, 0.1) is 6.61 Å². The quantitative estimate of drug-likeness (QED) is 0.694. The van der Waals surface area contributed by atoms with Gasteiger partial charge in [0.25, 0.3) is 0 Å². The monoisotopic (exact) mass is 248 g/mol. The van der Waals surface area contributed by atoms with E-state index in [-0.39, 0.29) is 5.78 Å². The Balaban J connectivity index is 2.53. The van der Waals surface area contributed by atoms with Gasteiger partial charge in [-0.25, -0.2) is 0 Å². The molecule has 18 heavy (non-hydrogen) atoms. The van der Waals surface area contributed by atoms with E-state index in [0.717, 1.165) is 24.2 Å². The Morgan fingerprint density at radius 2 is 2.00 bits per heavy atom. The van der Waals surface area contributed by atoms with Crippen molar-refractivity contribution in [3.8, 4) is 5.75 Å². The highest BCUT2D eigenvalue weighted by Crippen LogP contribution is 2.23. The summed E-state index contributed by atoms with van der Waals surface area (Å²) >= 11 is 0. The molecular weight excluding hydrogens is 224 g/mol. The van der Waals surface area contributed by atoms with Crippen molar-refractivity contribution in [1.82, 2.24) is 0 Å². The Morgan fingerprint density at radius 1 is 1.28 bits per heavy atom. The van der Waals surface area contributed by atoms with E-state index >= 15 is 0 Å². The zero-order chi connectivity index (χ0) is 13.6. The number of hydrogen-bond donors (Lipinski definition) is 0. The van der Waals surface area contributed by atoms with Gasteiger partial charge in [-0.2, -0.15) is 0 Å². The number of ether oxygens (including phenoxy) is 1. The molecule has 0 amide bonds. The lowest BCUT2D eigenvalue weighted by Crippen LogP contribution is -2.07. The zero-order valence-corrected chi connectivity index (χ0v) is 12.0. The molecular formula is C16H24O2. The van der Waals surface area contributed by atoms with Crippen LogP contribution in [0.4, 0.5) is 0 Å². The average molecular weight is 248 g/mol. The Labute approximate surface area is 110 Å². The van der Waals surface area contributed by atoms with Gasteiger partial charge in [-0.3, -0.25) is 4.79 Å². The van der Waals surface area contributed by atoms with Gasteiger partial charge in [0.15, 0.2) is 5.78 Å². The van der Waals surface area contributed by atoms with E-state index in [1.807, 2.05) is 31.2 Å². The van der Waals surface area contributed by atoms with E-state index in [1.165, 1.54) is 0 Å². The smallest absolute Gasteiger partial charge is 0.163 e. The van der Waals surface area contributed by atoms with E-state index < -0.39 is 0 Å². The highest BCUT2D eigenvalue weighted by molar-refractivity contribution is 5.96. The minimum Gasteiger partial charge on any atom is -0.494 e. The molecule has 2 nitrogen and oxygen atoms in total. The summed E-state index contributed by atoms with van der Waals surface area (Å²) in [6.07, 6.45) is 2.64. The first-order valence-electron chi connectivity index (χ1n) is 6.68. The molecule has 0 spiro atoms. The van der Waals surface area contributed by atoms with E-state index in [9.17, 15) is 4.79 Å². The minimum absolute atomic E-state index is 0.209. The molecule has 0 atom stereocenters. The van der Waals surface area contributed by atoms with Crippen LogP contribution < -0.4 is 4.74 Å². The number of benzene rings is 1. The fourth-order valence-electron chi connectivity index (χ4n) is 1.85. The first-order valence-corrected chi connectivity index (χ1v) is 6.68.